The van der Waals surface area contributed by atoms with Crippen LogP contribution in [0.3, 0.4) is 0 Å². The second kappa shape index (κ2) is 5.14. The van der Waals surface area contributed by atoms with Crippen molar-refractivity contribution < 1.29 is 9.59 Å². The maximum atomic E-state index is 12.8. The lowest BCUT2D eigenvalue weighted by Crippen LogP contribution is -2.56. The van der Waals surface area contributed by atoms with Crippen molar-refractivity contribution >= 4 is 23.3 Å². The van der Waals surface area contributed by atoms with E-state index in [1.165, 1.54) is 16.2 Å². The molecule has 1 aromatic rings. The van der Waals surface area contributed by atoms with Gasteiger partial charge in [-0.1, -0.05) is 12.8 Å². The van der Waals surface area contributed by atoms with Gasteiger partial charge in [0.05, 0.1) is 12.1 Å². The predicted molar refractivity (Wildman–Crippen MR) is 74.9 cm³/mol. The Kier molecular flexibility index (Phi) is 3.47. The SMILES string of the molecule is NCC1CCCCC12NC(=O)N(Cc1cncs1)C2=O. The topological polar surface area (TPSA) is 88.3 Å². The molecule has 3 rings (SSSR count). The molecule has 108 valence electrons. The lowest BCUT2D eigenvalue weighted by Gasteiger charge is -2.38. The maximum Gasteiger partial charge on any atom is 0.325 e. The lowest BCUT2D eigenvalue weighted by molar-refractivity contribution is -0.134. The fourth-order valence-corrected chi connectivity index (χ4v) is 3.86. The highest BCUT2D eigenvalue weighted by atomic mass is 32.1. The Balaban J connectivity index is 1.85. The molecular weight excluding hydrogens is 276 g/mol. The minimum atomic E-state index is -0.769. The fourth-order valence-electron chi connectivity index (χ4n) is 3.27. The van der Waals surface area contributed by atoms with Gasteiger partial charge in [0, 0.05) is 17.0 Å². The number of urea groups is 1. The van der Waals surface area contributed by atoms with E-state index >= 15 is 0 Å². The molecule has 2 heterocycles. The summed E-state index contributed by atoms with van der Waals surface area (Å²) in [6.45, 7) is 0.731. The summed E-state index contributed by atoms with van der Waals surface area (Å²) in [5.41, 5.74) is 6.75. The molecule has 3 N–H and O–H groups in total. The molecule has 20 heavy (non-hydrogen) atoms. The minimum absolute atomic E-state index is 0.0409. The number of amides is 3. The summed E-state index contributed by atoms with van der Waals surface area (Å²) in [4.78, 5) is 31.1. The van der Waals surface area contributed by atoms with Crippen molar-refractivity contribution in [2.45, 2.75) is 37.8 Å². The van der Waals surface area contributed by atoms with E-state index in [1.54, 1.807) is 11.7 Å². The van der Waals surface area contributed by atoms with Crippen LogP contribution in [0.25, 0.3) is 0 Å². The lowest BCUT2D eigenvalue weighted by atomic mass is 9.72. The van der Waals surface area contributed by atoms with Gasteiger partial charge in [-0.3, -0.25) is 14.7 Å². The van der Waals surface area contributed by atoms with Crippen LogP contribution in [-0.2, 0) is 11.3 Å². The number of aromatic nitrogens is 1. The zero-order chi connectivity index (χ0) is 14.2. The smallest absolute Gasteiger partial charge is 0.325 e. The first kappa shape index (κ1) is 13.5. The van der Waals surface area contributed by atoms with Crippen LogP contribution in [-0.4, -0.2) is 33.9 Å². The van der Waals surface area contributed by atoms with E-state index in [4.69, 9.17) is 5.73 Å². The molecule has 1 saturated carbocycles. The van der Waals surface area contributed by atoms with Crippen LogP contribution < -0.4 is 11.1 Å². The number of hydrogen-bond donors (Lipinski definition) is 2. The van der Waals surface area contributed by atoms with Crippen LogP contribution in [0.1, 0.15) is 30.6 Å². The van der Waals surface area contributed by atoms with E-state index < -0.39 is 5.54 Å². The van der Waals surface area contributed by atoms with Gasteiger partial charge in [0.15, 0.2) is 0 Å². The fraction of sp³-hybridized carbons (Fsp3) is 0.615. The number of thiazole rings is 1. The number of hydrogen-bond acceptors (Lipinski definition) is 5. The van der Waals surface area contributed by atoms with Gasteiger partial charge >= 0.3 is 6.03 Å². The van der Waals surface area contributed by atoms with Gasteiger partial charge < -0.3 is 11.1 Å². The summed E-state index contributed by atoms with van der Waals surface area (Å²) in [6, 6.07) is -0.302. The summed E-state index contributed by atoms with van der Waals surface area (Å²) >= 11 is 1.45. The third-order valence-corrected chi connectivity index (χ3v) is 5.12. The molecule has 1 spiro atoms. The second-order valence-corrected chi connectivity index (χ2v) is 6.41. The average Bonchev–Trinajstić information content (AvgIpc) is 3.04. The van der Waals surface area contributed by atoms with E-state index in [1.807, 2.05) is 0 Å². The average molecular weight is 294 g/mol. The molecule has 2 atom stereocenters. The highest BCUT2D eigenvalue weighted by molar-refractivity contribution is 7.09. The second-order valence-electron chi connectivity index (χ2n) is 5.44. The summed E-state index contributed by atoms with van der Waals surface area (Å²) in [5.74, 6) is -0.0785. The Hall–Kier alpha value is -1.47. The summed E-state index contributed by atoms with van der Waals surface area (Å²) in [7, 11) is 0. The first-order chi connectivity index (χ1) is 9.67. The third kappa shape index (κ3) is 2.01. The molecule has 6 nitrogen and oxygen atoms in total. The molecule has 1 aliphatic heterocycles. The van der Waals surface area contributed by atoms with Crippen LogP contribution in [0.2, 0.25) is 0 Å². The molecule has 0 aromatic carbocycles. The van der Waals surface area contributed by atoms with Gasteiger partial charge in [0.2, 0.25) is 0 Å². The van der Waals surface area contributed by atoms with E-state index in [0.29, 0.717) is 19.5 Å². The summed E-state index contributed by atoms with van der Waals surface area (Å²) in [6.07, 6.45) is 5.31. The molecule has 0 bridgehead atoms. The first-order valence-electron chi connectivity index (χ1n) is 6.89. The third-order valence-electron chi connectivity index (χ3n) is 4.35. The molecule has 1 aromatic heterocycles. The zero-order valence-corrected chi connectivity index (χ0v) is 12.0. The van der Waals surface area contributed by atoms with Crippen molar-refractivity contribution in [1.82, 2.24) is 15.2 Å². The number of carbonyl (C=O) groups is 2. The predicted octanol–water partition coefficient (Wildman–Crippen LogP) is 1.08. The van der Waals surface area contributed by atoms with Crippen molar-refractivity contribution in [2.75, 3.05) is 6.54 Å². The monoisotopic (exact) mass is 294 g/mol. The van der Waals surface area contributed by atoms with Crippen molar-refractivity contribution in [3.63, 3.8) is 0 Å². The van der Waals surface area contributed by atoms with E-state index in [-0.39, 0.29) is 17.9 Å². The largest absolute Gasteiger partial charge is 0.330 e. The molecule has 1 aliphatic carbocycles. The Morgan fingerprint density at radius 2 is 2.35 bits per heavy atom. The van der Waals surface area contributed by atoms with Crippen LogP contribution >= 0.6 is 11.3 Å². The summed E-state index contributed by atoms with van der Waals surface area (Å²) in [5, 5.41) is 2.92. The Morgan fingerprint density at radius 3 is 3.05 bits per heavy atom. The summed E-state index contributed by atoms with van der Waals surface area (Å²) < 4.78 is 0. The number of nitrogens with one attached hydrogen (secondary N) is 1. The van der Waals surface area contributed by atoms with Gasteiger partial charge in [0.1, 0.15) is 5.54 Å². The maximum absolute atomic E-state index is 12.8. The standard InChI is InChI=1S/C13H18N4O2S/c14-5-9-3-1-2-4-13(9)11(18)17(12(19)16-13)7-10-6-15-8-20-10/h6,8-9H,1-5,7,14H2,(H,16,19). The molecule has 3 amide bonds. The number of nitrogens with zero attached hydrogens (tertiary/aromatic N) is 2. The Labute approximate surface area is 121 Å². The quantitative estimate of drug-likeness (QED) is 0.817. The Bertz CT molecular complexity index is 518. The van der Waals surface area contributed by atoms with Gasteiger partial charge in [-0.2, -0.15) is 0 Å². The number of imide groups is 1. The molecule has 2 aliphatic rings. The van der Waals surface area contributed by atoms with Crippen molar-refractivity contribution in [1.29, 1.82) is 0 Å². The minimum Gasteiger partial charge on any atom is -0.330 e. The van der Waals surface area contributed by atoms with Gasteiger partial charge in [-0.05, 0) is 19.4 Å². The van der Waals surface area contributed by atoms with Crippen LogP contribution in [0.5, 0.6) is 0 Å². The van der Waals surface area contributed by atoms with E-state index in [0.717, 1.165) is 24.1 Å². The highest BCUT2D eigenvalue weighted by Gasteiger charge is 2.55. The van der Waals surface area contributed by atoms with Crippen LogP contribution in [0.15, 0.2) is 11.7 Å². The zero-order valence-electron chi connectivity index (χ0n) is 11.2. The molecule has 0 radical (unpaired) electrons. The molecule has 7 heteroatoms. The van der Waals surface area contributed by atoms with Crippen LogP contribution in [0, 0.1) is 5.92 Å². The van der Waals surface area contributed by atoms with Crippen molar-refractivity contribution in [2.24, 2.45) is 11.7 Å². The molecule has 1 saturated heterocycles. The molecule has 2 fully saturated rings. The van der Waals surface area contributed by atoms with Gasteiger partial charge in [-0.15, -0.1) is 11.3 Å². The first-order valence-corrected chi connectivity index (χ1v) is 7.77. The number of rotatable bonds is 3. The van der Waals surface area contributed by atoms with Crippen molar-refractivity contribution in [3.8, 4) is 0 Å². The van der Waals surface area contributed by atoms with Crippen molar-refractivity contribution in [3.05, 3.63) is 16.6 Å². The van der Waals surface area contributed by atoms with Crippen LogP contribution in [0.4, 0.5) is 4.79 Å². The number of nitrogens with two attached hydrogens (primary N) is 1. The number of carbonyl (C=O) groups excluding carboxylic acids is 2. The van der Waals surface area contributed by atoms with Gasteiger partial charge in [-0.25, -0.2) is 4.79 Å². The highest BCUT2D eigenvalue weighted by Crippen LogP contribution is 2.38. The van der Waals surface area contributed by atoms with E-state index in [9.17, 15) is 9.59 Å². The molecule has 2 unspecified atom stereocenters. The normalized spacial score (nSPS) is 30.1. The van der Waals surface area contributed by atoms with E-state index in [2.05, 4.69) is 10.3 Å². The van der Waals surface area contributed by atoms with Gasteiger partial charge in [0.25, 0.3) is 5.91 Å². The molecular formula is C13H18N4O2S. The Morgan fingerprint density at radius 1 is 1.50 bits per heavy atom.